The summed E-state index contributed by atoms with van der Waals surface area (Å²) in [7, 11) is 0. The number of allylic oxidation sites excluding steroid dienone is 2. The molecule has 0 aromatic rings. The molecule has 0 aliphatic carbocycles. The Kier molecular flexibility index (Phi) is 7.58. The molecule has 0 amide bonds. The maximum atomic E-state index is 5.44. The monoisotopic (exact) mass is 212 g/mol. The summed E-state index contributed by atoms with van der Waals surface area (Å²) in [5.41, 5.74) is 0. The second-order valence-electron chi connectivity index (χ2n) is 4.14. The molecule has 0 N–H and O–H groups in total. The van der Waals surface area contributed by atoms with E-state index in [1.807, 2.05) is 0 Å². The zero-order valence-electron chi connectivity index (χ0n) is 9.91. The van der Waals surface area contributed by atoms with Crippen molar-refractivity contribution in [1.82, 2.24) is 0 Å². The topological polar surface area (TPSA) is 21.8 Å². The zero-order valence-corrected chi connectivity index (χ0v) is 9.91. The van der Waals surface area contributed by atoms with Gasteiger partial charge in [0.15, 0.2) is 0 Å². The van der Waals surface area contributed by atoms with Gasteiger partial charge in [-0.3, -0.25) is 0 Å². The summed E-state index contributed by atoms with van der Waals surface area (Å²) in [5.74, 6) is 0. The lowest BCUT2D eigenvalue weighted by Gasteiger charge is -1.99. The lowest BCUT2D eigenvalue weighted by molar-refractivity contribution is 0.115. The van der Waals surface area contributed by atoms with Gasteiger partial charge in [0.1, 0.15) is 6.10 Å². The summed E-state index contributed by atoms with van der Waals surface area (Å²) in [6, 6.07) is 0. The summed E-state index contributed by atoms with van der Waals surface area (Å²) in [5, 5.41) is 0. The molecule has 2 heteroatoms. The molecule has 0 radical (unpaired) electrons. The number of unbranched alkanes of at least 4 members (excludes halogenated alkanes) is 4. The Balaban J connectivity index is 1.71. The van der Waals surface area contributed by atoms with E-state index in [1.165, 1.54) is 25.7 Å². The van der Waals surface area contributed by atoms with Crippen LogP contribution in [0.3, 0.4) is 0 Å². The maximum Gasteiger partial charge on any atom is 0.104 e. The van der Waals surface area contributed by atoms with Gasteiger partial charge in [-0.05, 0) is 25.7 Å². The van der Waals surface area contributed by atoms with E-state index in [-0.39, 0.29) is 0 Å². The average molecular weight is 212 g/mol. The summed E-state index contributed by atoms with van der Waals surface area (Å²) in [6.45, 7) is 4.81. The van der Waals surface area contributed by atoms with Gasteiger partial charge in [-0.15, -0.1) is 0 Å². The molecule has 0 saturated carbocycles. The van der Waals surface area contributed by atoms with Crippen molar-refractivity contribution >= 4 is 0 Å². The Labute approximate surface area is 93.7 Å². The van der Waals surface area contributed by atoms with Gasteiger partial charge >= 0.3 is 0 Å². The molecule has 1 fully saturated rings. The highest BCUT2D eigenvalue weighted by Gasteiger charge is 2.21. The summed E-state index contributed by atoms with van der Waals surface area (Å²) in [6.07, 6.45) is 12.5. The van der Waals surface area contributed by atoms with Crippen molar-refractivity contribution in [3.05, 3.63) is 12.2 Å². The molecule has 2 nitrogen and oxygen atoms in total. The van der Waals surface area contributed by atoms with Gasteiger partial charge in [0, 0.05) is 6.61 Å². The van der Waals surface area contributed by atoms with Gasteiger partial charge in [0.05, 0.1) is 13.2 Å². The minimum Gasteiger partial charge on any atom is -0.379 e. The molecular weight excluding hydrogens is 188 g/mol. The summed E-state index contributed by atoms with van der Waals surface area (Å²) < 4.78 is 10.5. The van der Waals surface area contributed by atoms with Gasteiger partial charge in [0.25, 0.3) is 0 Å². The zero-order chi connectivity index (χ0) is 10.8. The number of epoxide rings is 1. The minimum atomic E-state index is 0.412. The fourth-order valence-electron chi connectivity index (χ4n) is 1.43. The molecule has 0 aromatic heterocycles. The number of ether oxygens (including phenoxy) is 2. The standard InChI is InChI=1S/C13H24O2/c1-2-3-4-5-6-7-8-9-10-14-11-13-12-15-13/h6-7,13H,2-5,8-12H2,1H3/b7-6-/t13-/m0/s1. The maximum absolute atomic E-state index is 5.44. The lowest BCUT2D eigenvalue weighted by atomic mass is 10.2. The third-order valence-corrected chi connectivity index (χ3v) is 2.51. The Morgan fingerprint density at radius 2 is 1.93 bits per heavy atom. The fraction of sp³-hybridized carbons (Fsp3) is 0.846. The van der Waals surface area contributed by atoms with Crippen molar-refractivity contribution in [2.24, 2.45) is 0 Å². The molecule has 1 aliphatic heterocycles. The van der Waals surface area contributed by atoms with Gasteiger partial charge in [-0.25, -0.2) is 0 Å². The van der Waals surface area contributed by atoms with Gasteiger partial charge in [-0.2, -0.15) is 0 Å². The SMILES string of the molecule is CCCCC/C=C\CCCOC[C@H]1CO1. The van der Waals surface area contributed by atoms with E-state index in [0.717, 1.165) is 32.7 Å². The van der Waals surface area contributed by atoms with Crippen LogP contribution >= 0.6 is 0 Å². The van der Waals surface area contributed by atoms with E-state index in [2.05, 4.69) is 19.1 Å². The quantitative estimate of drug-likeness (QED) is 0.315. The highest BCUT2D eigenvalue weighted by Crippen LogP contribution is 2.08. The second-order valence-corrected chi connectivity index (χ2v) is 4.14. The number of rotatable bonds is 10. The highest BCUT2D eigenvalue weighted by molar-refractivity contribution is 4.81. The van der Waals surface area contributed by atoms with Crippen LogP contribution in [-0.4, -0.2) is 25.9 Å². The number of hydrogen-bond donors (Lipinski definition) is 0. The Bertz CT molecular complexity index is 162. The van der Waals surface area contributed by atoms with Crippen molar-refractivity contribution in [2.75, 3.05) is 19.8 Å². The third-order valence-electron chi connectivity index (χ3n) is 2.51. The van der Waals surface area contributed by atoms with E-state index >= 15 is 0 Å². The molecule has 0 bridgehead atoms. The molecule has 1 rings (SSSR count). The molecule has 15 heavy (non-hydrogen) atoms. The molecule has 0 aromatic carbocycles. The van der Waals surface area contributed by atoms with Crippen LogP contribution in [0.1, 0.15) is 45.4 Å². The van der Waals surface area contributed by atoms with Crippen LogP contribution in [0.5, 0.6) is 0 Å². The normalized spacial score (nSPS) is 19.9. The van der Waals surface area contributed by atoms with Crippen molar-refractivity contribution in [3.63, 3.8) is 0 Å². The minimum absolute atomic E-state index is 0.412. The van der Waals surface area contributed by atoms with E-state index < -0.39 is 0 Å². The Morgan fingerprint density at radius 3 is 2.60 bits per heavy atom. The van der Waals surface area contributed by atoms with Gasteiger partial charge in [0.2, 0.25) is 0 Å². The van der Waals surface area contributed by atoms with Crippen LogP contribution in [0.25, 0.3) is 0 Å². The molecule has 1 aliphatic rings. The summed E-state index contributed by atoms with van der Waals surface area (Å²) in [4.78, 5) is 0. The van der Waals surface area contributed by atoms with Crippen molar-refractivity contribution in [3.8, 4) is 0 Å². The van der Waals surface area contributed by atoms with Crippen LogP contribution in [0.15, 0.2) is 12.2 Å². The lowest BCUT2D eigenvalue weighted by Crippen LogP contribution is -2.02. The van der Waals surface area contributed by atoms with E-state index in [4.69, 9.17) is 9.47 Å². The molecule has 0 spiro atoms. The van der Waals surface area contributed by atoms with Crippen molar-refractivity contribution in [1.29, 1.82) is 0 Å². The molecule has 1 atom stereocenters. The Hall–Kier alpha value is -0.340. The van der Waals surface area contributed by atoms with Crippen molar-refractivity contribution in [2.45, 2.75) is 51.6 Å². The first kappa shape index (κ1) is 12.7. The van der Waals surface area contributed by atoms with Gasteiger partial charge in [-0.1, -0.05) is 31.9 Å². The van der Waals surface area contributed by atoms with E-state index in [1.54, 1.807) is 0 Å². The smallest absolute Gasteiger partial charge is 0.104 e. The predicted octanol–water partition coefficient (Wildman–Crippen LogP) is 3.32. The predicted molar refractivity (Wildman–Crippen MR) is 63.1 cm³/mol. The molecular formula is C13H24O2. The highest BCUT2D eigenvalue weighted by atomic mass is 16.6. The van der Waals surface area contributed by atoms with E-state index in [0.29, 0.717) is 6.10 Å². The third kappa shape index (κ3) is 8.64. The largest absolute Gasteiger partial charge is 0.379 e. The van der Waals surface area contributed by atoms with Crippen LogP contribution in [0.4, 0.5) is 0 Å². The average Bonchev–Trinajstić information content (AvgIpc) is 3.05. The second kappa shape index (κ2) is 8.93. The number of hydrogen-bond acceptors (Lipinski definition) is 2. The first-order chi connectivity index (χ1) is 7.43. The van der Waals surface area contributed by atoms with Crippen LogP contribution < -0.4 is 0 Å². The molecule has 1 saturated heterocycles. The van der Waals surface area contributed by atoms with Gasteiger partial charge < -0.3 is 9.47 Å². The molecule has 1 heterocycles. The fourth-order valence-corrected chi connectivity index (χ4v) is 1.43. The molecule has 0 unspecified atom stereocenters. The summed E-state index contributed by atoms with van der Waals surface area (Å²) >= 11 is 0. The van der Waals surface area contributed by atoms with Crippen LogP contribution in [0, 0.1) is 0 Å². The Morgan fingerprint density at radius 1 is 1.20 bits per heavy atom. The van der Waals surface area contributed by atoms with Crippen LogP contribution in [-0.2, 0) is 9.47 Å². The molecule has 88 valence electrons. The van der Waals surface area contributed by atoms with E-state index in [9.17, 15) is 0 Å². The first-order valence-corrected chi connectivity index (χ1v) is 6.28. The van der Waals surface area contributed by atoms with Crippen LogP contribution in [0.2, 0.25) is 0 Å². The first-order valence-electron chi connectivity index (χ1n) is 6.28. The van der Waals surface area contributed by atoms with Crippen molar-refractivity contribution < 1.29 is 9.47 Å².